The number of benzene rings is 2. The van der Waals surface area contributed by atoms with Crippen molar-refractivity contribution in [3.05, 3.63) is 59.1 Å². The number of anilines is 1. The number of sulfonamides is 1. The van der Waals surface area contributed by atoms with E-state index in [4.69, 9.17) is 11.6 Å². The van der Waals surface area contributed by atoms with Crippen LogP contribution in [0, 0.1) is 0 Å². The second-order valence-electron chi connectivity index (χ2n) is 4.22. The van der Waals surface area contributed by atoms with Crippen molar-refractivity contribution in [2.45, 2.75) is 4.90 Å². The summed E-state index contributed by atoms with van der Waals surface area (Å²) in [6.07, 6.45) is 0. The van der Waals surface area contributed by atoms with E-state index in [-0.39, 0.29) is 16.4 Å². The molecule has 0 heterocycles. The summed E-state index contributed by atoms with van der Waals surface area (Å²) < 4.78 is 26.8. The van der Waals surface area contributed by atoms with Gasteiger partial charge in [-0.05, 0) is 42.5 Å². The Morgan fingerprint density at radius 2 is 1.81 bits per heavy atom. The number of carbonyl (C=O) groups is 1. The van der Waals surface area contributed by atoms with Crippen molar-refractivity contribution in [3.8, 4) is 0 Å². The molecule has 4 nitrogen and oxygen atoms in total. The van der Waals surface area contributed by atoms with E-state index in [9.17, 15) is 13.2 Å². The third-order valence-electron chi connectivity index (χ3n) is 2.71. The molecule has 0 aliphatic carbocycles. The van der Waals surface area contributed by atoms with Crippen molar-refractivity contribution in [1.82, 2.24) is 0 Å². The number of thiol groups is 1. The lowest BCUT2D eigenvalue weighted by Crippen LogP contribution is -2.13. The summed E-state index contributed by atoms with van der Waals surface area (Å²) in [6, 6.07) is 12.1. The van der Waals surface area contributed by atoms with Gasteiger partial charge in [-0.15, -0.1) is 0 Å². The lowest BCUT2D eigenvalue weighted by atomic mass is 10.1. The number of hydrogen-bond acceptors (Lipinski definition) is 4. The van der Waals surface area contributed by atoms with Gasteiger partial charge in [0.2, 0.25) is 0 Å². The molecule has 0 amide bonds. The Kier molecular flexibility index (Phi) is 4.92. The van der Waals surface area contributed by atoms with Crippen LogP contribution in [0.5, 0.6) is 0 Å². The van der Waals surface area contributed by atoms with Crippen LogP contribution in [0.15, 0.2) is 53.4 Å². The number of ketones is 1. The van der Waals surface area contributed by atoms with Gasteiger partial charge in [-0.2, -0.15) is 12.6 Å². The van der Waals surface area contributed by atoms with E-state index in [1.807, 2.05) is 0 Å². The largest absolute Gasteiger partial charge is 0.293 e. The van der Waals surface area contributed by atoms with E-state index in [0.717, 1.165) is 0 Å². The van der Waals surface area contributed by atoms with Crippen molar-refractivity contribution in [2.75, 3.05) is 10.5 Å². The van der Waals surface area contributed by atoms with Crippen LogP contribution in [0.25, 0.3) is 0 Å². The Labute approximate surface area is 133 Å². The molecule has 0 unspecified atom stereocenters. The number of nitrogens with one attached hydrogen (secondary N) is 1. The molecule has 0 saturated carbocycles. The van der Waals surface area contributed by atoms with Crippen molar-refractivity contribution in [3.63, 3.8) is 0 Å². The molecule has 2 aromatic carbocycles. The molecule has 0 fully saturated rings. The fourth-order valence-electron chi connectivity index (χ4n) is 1.66. The maximum atomic E-state index is 12.2. The van der Waals surface area contributed by atoms with Crippen molar-refractivity contribution in [2.24, 2.45) is 0 Å². The van der Waals surface area contributed by atoms with E-state index in [0.29, 0.717) is 16.3 Å². The Bertz CT molecular complexity index is 758. The molecule has 0 aliphatic rings. The first-order valence-corrected chi connectivity index (χ1v) is 8.44. The summed E-state index contributed by atoms with van der Waals surface area (Å²) in [5.74, 6) is -0.0179. The number of carbonyl (C=O) groups excluding carboxylic acids is 1. The first-order valence-electron chi connectivity index (χ1n) is 5.95. The quantitative estimate of drug-likeness (QED) is 0.648. The highest BCUT2D eigenvalue weighted by atomic mass is 35.5. The molecular weight excluding hydrogens is 330 g/mol. The normalized spacial score (nSPS) is 11.1. The molecule has 0 aliphatic heterocycles. The predicted octanol–water partition coefficient (Wildman–Crippen LogP) is 3.25. The fraction of sp³-hybridized carbons (Fsp3) is 0.0714. The molecule has 1 N–H and O–H groups in total. The third-order valence-corrected chi connectivity index (χ3v) is 4.61. The van der Waals surface area contributed by atoms with Gasteiger partial charge in [0.1, 0.15) is 0 Å². The molecule has 2 aromatic rings. The Morgan fingerprint density at radius 1 is 1.14 bits per heavy atom. The smallest absolute Gasteiger partial charge is 0.261 e. The maximum absolute atomic E-state index is 12.2. The number of hydrogen-bond donors (Lipinski definition) is 2. The van der Waals surface area contributed by atoms with Crippen LogP contribution >= 0.6 is 24.2 Å². The number of rotatable bonds is 5. The minimum Gasteiger partial charge on any atom is -0.293 e. The van der Waals surface area contributed by atoms with Crippen LogP contribution in [0.2, 0.25) is 5.02 Å². The summed E-state index contributed by atoms with van der Waals surface area (Å²) in [5.41, 5.74) is 0.849. The minimum atomic E-state index is -3.71. The molecule has 0 radical (unpaired) electrons. The molecule has 0 spiro atoms. The van der Waals surface area contributed by atoms with E-state index >= 15 is 0 Å². The Morgan fingerprint density at radius 3 is 2.38 bits per heavy atom. The number of Topliss-reactive ketones (excluding diaryl/α,β-unsaturated/α-hetero) is 1. The molecule has 110 valence electrons. The zero-order valence-corrected chi connectivity index (χ0v) is 13.3. The van der Waals surface area contributed by atoms with E-state index in [1.165, 1.54) is 24.3 Å². The molecular formula is C14H12ClNO3S2. The monoisotopic (exact) mass is 341 g/mol. The fourth-order valence-corrected chi connectivity index (χ4v) is 3.21. The third kappa shape index (κ3) is 4.00. The molecule has 0 atom stereocenters. The topological polar surface area (TPSA) is 63.2 Å². The van der Waals surface area contributed by atoms with Gasteiger partial charge in [0, 0.05) is 16.3 Å². The minimum absolute atomic E-state index is 0.0745. The predicted molar refractivity (Wildman–Crippen MR) is 86.9 cm³/mol. The van der Waals surface area contributed by atoms with Crippen molar-refractivity contribution < 1.29 is 13.2 Å². The van der Waals surface area contributed by atoms with Gasteiger partial charge in [0.25, 0.3) is 10.0 Å². The lowest BCUT2D eigenvalue weighted by Gasteiger charge is -2.08. The summed E-state index contributed by atoms with van der Waals surface area (Å²) >= 11 is 9.69. The van der Waals surface area contributed by atoms with Crippen LogP contribution in [0.4, 0.5) is 5.69 Å². The average Bonchev–Trinajstić information content (AvgIpc) is 2.47. The molecule has 21 heavy (non-hydrogen) atoms. The summed E-state index contributed by atoms with van der Waals surface area (Å²) in [7, 11) is -3.71. The SMILES string of the molecule is O=C(CS)c1ccc(NS(=O)(=O)c2cccc(Cl)c2)cc1. The van der Waals surface area contributed by atoms with E-state index in [2.05, 4.69) is 17.4 Å². The summed E-state index contributed by atoms with van der Waals surface area (Å²) in [6.45, 7) is 0. The zero-order chi connectivity index (χ0) is 15.5. The first-order chi connectivity index (χ1) is 9.92. The van der Waals surface area contributed by atoms with Gasteiger partial charge in [-0.1, -0.05) is 17.7 Å². The van der Waals surface area contributed by atoms with Crippen molar-refractivity contribution in [1.29, 1.82) is 0 Å². The number of halogens is 1. The molecule has 7 heteroatoms. The zero-order valence-electron chi connectivity index (χ0n) is 10.8. The highest BCUT2D eigenvalue weighted by molar-refractivity contribution is 7.92. The maximum Gasteiger partial charge on any atom is 0.261 e. The summed E-state index contributed by atoms with van der Waals surface area (Å²) in [4.78, 5) is 11.5. The second-order valence-corrected chi connectivity index (χ2v) is 6.66. The van der Waals surface area contributed by atoms with Crippen molar-refractivity contribution >= 4 is 45.7 Å². The molecule has 0 saturated heterocycles. The first kappa shape index (κ1) is 15.9. The van der Waals surface area contributed by atoms with Crippen LogP contribution < -0.4 is 4.72 Å². The highest BCUT2D eigenvalue weighted by Crippen LogP contribution is 2.19. The average molecular weight is 342 g/mol. The van der Waals surface area contributed by atoms with Crippen LogP contribution in [-0.4, -0.2) is 20.0 Å². The lowest BCUT2D eigenvalue weighted by molar-refractivity contribution is 0.102. The second kappa shape index (κ2) is 6.51. The van der Waals surface area contributed by atoms with Crippen LogP contribution in [0.3, 0.4) is 0 Å². The van der Waals surface area contributed by atoms with Gasteiger partial charge in [0.05, 0.1) is 10.6 Å². The van der Waals surface area contributed by atoms with Gasteiger partial charge >= 0.3 is 0 Å². The molecule has 0 bridgehead atoms. The Balaban J connectivity index is 2.23. The van der Waals surface area contributed by atoms with Gasteiger partial charge < -0.3 is 0 Å². The Hall–Kier alpha value is -1.50. The standard InChI is InChI=1S/C14H12ClNO3S2/c15-11-2-1-3-13(8-11)21(18,19)16-12-6-4-10(5-7-12)14(17)9-20/h1-8,16,20H,9H2. The van der Waals surface area contributed by atoms with Gasteiger partial charge in [-0.3, -0.25) is 9.52 Å². The van der Waals surface area contributed by atoms with Crippen LogP contribution in [0.1, 0.15) is 10.4 Å². The van der Waals surface area contributed by atoms with Crippen LogP contribution in [-0.2, 0) is 10.0 Å². The molecule has 0 aromatic heterocycles. The van der Waals surface area contributed by atoms with E-state index in [1.54, 1.807) is 24.3 Å². The molecule has 2 rings (SSSR count). The highest BCUT2D eigenvalue weighted by Gasteiger charge is 2.14. The van der Waals surface area contributed by atoms with Gasteiger partial charge in [0.15, 0.2) is 5.78 Å². The summed E-state index contributed by atoms with van der Waals surface area (Å²) in [5, 5.41) is 0.340. The van der Waals surface area contributed by atoms with E-state index < -0.39 is 10.0 Å². The van der Waals surface area contributed by atoms with Gasteiger partial charge in [-0.25, -0.2) is 8.42 Å².